The number of amides is 1. The Morgan fingerprint density at radius 1 is 1.11 bits per heavy atom. The van der Waals surface area contributed by atoms with Crippen molar-refractivity contribution in [3.8, 4) is 22.6 Å². The van der Waals surface area contributed by atoms with Gasteiger partial charge in [-0.3, -0.25) is 10.0 Å². The Labute approximate surface area is 156 Å². The van der Waals surface area contributed by atoms with Crippen molar-refractivity contribution in [3.05, 3.63) is 77.9 Å². The Kier molecular flexibility index (Phi) is 4.40. The number of carbonyl (C=O) groups excluding carboxylic acids is 1. The third-order valence-electron chi connectivity index (χ3n) is 4.51. The predicted octanol–water partition coefficient (Wildman–Crippen LogP) is 3.98. The lowest BCUT2D eigenvalue weighted by Gasteiger charge is -2.13. The number of anilines is 1. The summed E-state index contributed by atoms with van der Waals surface area (Å²) in [5, 5.41) is 12.0. The van der Waals surface area contributed by atoms with Gasteiger partial charge < -0.3 is 14.8 Å². The van der Waals surface area contributed by atoms with Crippen LogP contribution in [-0.4, -0.2) is 18.2 Å². The molecule has 1 unspecified atom stereocenters. The second kappa shape index (κ2) is 7.01. The van der Waals surface area contributed by atoms with Crippen LogP contribution in [0.3, 0.4) is 0 Å². The van der Waals surface area contributed by atoms with Crippen molar-refractivity contribution < 1.29 is 19.5 Å². The number of fused-ring (bicyclic) bond motifs is 1. The molecule has 0 radical (unpaired) electrons. The largest absolute Gasteiger partial charge is 0.496 e. The van der Waals surface area contributed by atoms with E-state index in [0.29, 0.717) is 17.0 Å². The van der Waals surface area contributed by atoms with Gasteiger partial charge in [-0.2, -0.15) is 0 Å². The molecule has 136 valence electrons. The van der Waals surface area contributed by atoms with Crippen LogP contribution in [0.15, 0.2) is 66.7 Å². The van der Waals surface area contributed by atoms with Crippen LogP contribution < -0.4 is 20.3 Å². The maximum atomic E-state index is 11.5. The van der Waals surface area contributed by atoms with Gasteiger partial charge in [0.1, 0.15) is 11.5 Å². The molecule has 1 aliphatic heterocycles. The molecule has 6 nitrogen and oxygen atoms in total. The predicted molar refractivity (Wildman–Crippen MR) is 101 cm³/mol. The van der Waals surface area contributed by atoms with Crippen molar-refractivity contribution in [1.82, 2.24) is 5.48 Å². The second-order valence-corrected chi connectivity index (χ2v) is 6.12. The second-order valence-electron chi connectivity index (χ2n) is 6.12. The highest BCUT2D eigenvalue weighted by Gasteiger charge is 2.24. The average molecular weight is 362 g/mol. The van der Waals surface area contributed by atoms with Crippen molar-refractivity contribution in [2.24, 2.45) is 0 Å². The number of para-hydroxylation sites is 1. The molecule has 1 heterocycles. The summed E-state index contributed by atoms with van der Waals surface area (Å²) in [7, 11) is 1.66. The third kappa shape index (κ3) is 3.18. The van der Waals surface area contributed by atoms with Gasteiger partial charge in [0.05, 0.1) is 12.8 Å². The lowest BCUT2D eigenvalue weighted by Crippen LogP contribution is -2.18. The van der Waals surface area contributed by atoms with Crippen LogP contribution in [0.4, 0.5) is 5.69 Å². The van der Waals surface area contributed by atoms with Crippen LogP contribution in [0.25, 0.3) is 11.1 Å². The Morgan fingerprint density at radius 2 is 1.89 bits per heavy atom. The SMILES string of the molecule is COc1ccccc1-c1ccc(C2Nc3cc(C(=O)NO)ccc3O2)cc1. The molecule has 1 atom stereocenters. The highest BCUT2D eigenvalue weighted by molar-refractivity contribution is 5.95. The summed E-state index contributed by atoms with van der Waals surface area (Å²) >= 11 is 0. The number of carbonyl (C=O) groups is 1. The molecule has 0 aromatic heterocycles. The quantitative estimate of drug-likeness (QED) is 0.483. The van der Waals surface area contributed by atoms with Crippen molar-refractivity contribution in [2.75, 3.05) is 12.4 Å². The molecule has 0 saturated carbocycles. The third-order valence-corrected chi connectivity index (χ3v) is 4.51. The van der Waals surface area contributed by atoms with Gasteiger partial charge in [-0.05, 0) is 29.8 Å². The first-order valence-electron chi connectivity index (χ1n) is 8.44. The zero-order valence-electron chi connectivity index (χ0n) is 14.6. The van der Waals surface area contributed by atoms with E-state index in [2.05, 4.69) is 5.32 Å². The first-order valence-corrected chi connectivity index (χ1v) is 8.44. The highest BCUT2D eigenvalue weighted by Crippen LogP contribution is 2.39. The van der Waals surface area contributed by atoms with Crippen molar-refractivity contribution in [2.45, 2.75) is 6.23 Å². The van der Waals surface area contributed by atoms with E-state index >= 15 is 0 Å². The van der Waals surface area contributed by atoms with E-state index in [-0.39, 0.29) is 6.23 Å². The first kappa shape index (κ1) is 16.9. The van der Waals surface area contributed by atoms with Crippen molar-refractivity contribution in [3.63, 3.8) is 0 Å². The summed E-state index contributed by atoms with van der Waals surface area (Å²) in [6.07, 6.45) is -0.348. The number of hydroxylamine groups is 1. The van der Waals surface area contributed by atoms with Gasteiger partial charge >= 0.3 is 0 Å². The summed E-state index contributed by atoms with van der Waals surface area (Å²) in [6.45, 7) is 0. The molecule has 0 saturated heterocycles. The summed E-state index contributed by atoms with van der Waals surface area (Å²) in [4.78, 5) is 11.5. The molecule has 1 amide bonds. The molecule has 0 aliphatic carbocycles. The standard InChI is InChI=1S/C21H18N2O4/c1-26-18-5-3-2-4-16(18)13-6-8-14(9-7-13)21-22-17-12-15(20(24)23-25)10-11-19(17)27-21/h2-12,21-22,25H,1H3,(H,23,24). The fourth-order valence-corrected chi connectivity index (χ4v) is 3.12. The van der Waals surface area contributed by atoms with E-state index in [1.54, 1.807) is 30.8 Å². The summed E-state index contributed by atoms with van der Waals surface area (Å²) in [5.41, 5.74) is 5.71. The van der Waals surface area contributed by atoms with E-state index in [1.165, 1.54) is 0 Å². The zero-order valence-corrected chi connectivity index (χ0v) is 14.6. The van der Waals surface area contributed by atoms with E-state index in [4.69, 9.17) is 14.7 Å². The zero-order chi connectivity index (χ0) is 18.8. The normalized spacial score (nSPS) is 14.7. The topological polar surface area (TPSA) is 79.8 Å². The maximum absolute atomic E-state index is 11.5. The fourth-order valence-electron chi connectivity index (χ4n) is 3.12. The van der Waals surface area contributed by atoms with Gasteiger partial charge in [0, 0.05) is 16.7 Å². The molecule has 3 aromatic rings. The molecule has 1 aliphatic rings. The lowest BCUT2D eigenvalue weighted by molar-refractivity contribution is 0.0706. The van der Waals surface area contributed by atoms with Gasteiger partial charge in [0.2, 0.25) is 0 Å². The van der Waals surface area contributed by atoms with Crippen molar-refractivity contribution >= 4 is 11.6 Å². The van der Waals surface area contributed by atoms with E-state index in [1.807, 2.05) is 48.5 Å². The first-order chi connectivity index (χ1) is 13.2. The molecule has 6 heteroatoms. The van der Waals surface area contributed by atoms with E-state index in [9.17, 15) is 4.79 Å². The number of nitrogens with one attached hydrogen (secondary N) is 2. The van der Waals surface area contributed by atoms with Gasteiger partial charge in [-0.1, -0.05) is 42.5 Å². The molecule has 4 rings (SSSR count). The van der Waals surface area contributed by atoms with E-state index < -0.39 is 5.91 Å². The van der Waals surface area contributed by atoms with Gasteiger partial charge in [0.15, 0.2) is 6.23 Å². The number of methoxy groups -OCH3 is 1. The monoisotopic (exact) mass is 362 g/mol. The van der Waals surface area contributed by atoms with E-state index in [0.717, 1.165) is 22.4 Å². The molecule has 0 fully saturated rings. The minimum absolute atomic E-state index is 0.347. The van der Waals surface area contributed by atoms with Crippen LogP contribution in [0.2, 0.25) is 0 Å². The van der Waals surface area contributed by atoms with Gasteiger partial charge in [-0.15, -0.1) is 0 Å². The molecule has 0 bridgehead atoms. The molecule has 3 aromatic carbocycles. The smallest absolute Gasteiger partial charge is 0.274 e. The average Bonchev–Trinajstić information content (AvgIpc) is 3.16. The maximum Gasteiger partial charge on any atom is 0.274 e. The lowest BCUT2D eigenvalue weighted by atomic mass is 10.0. The Morgan fingerprint density at radius 3 is 2.63 bits per heavy atom. The molecular formula is C21H18N2O4. The summed E-state index contributed by atoms with van der Waals surface area (Å²) in [6, 6.07) is 20.8. The molecule has 3 N–H and O–H groups in total. The van der Waals surface area contributed by atoms with Crippen LogP contribution in [0, 0.1) is 0 Å². The van der Waals surface area contributed by atoms with Crippen LogP contribution in [0.1, 0.15) is 22.1 Å². The number of hydrogen-bond acceptors (Lipinski definition) is 5. The van der Waals surface area contributed by atoms with Crippen LogP contribution in [0.5, 0.6) is 11.5 Å². The summed E-state index contributed by atoms with van der Waals surface area (Å²) in [5.74, 6) is 0.912. The number of ether oxygens (including phenoxy) is 2. The summed E-state index contributed by atoms with van der Waals surface area (Å²) < 4.78 is 11.3. The molecule has 27 heavy (non-hydrogen) atoms. The number of benzene rings is 3. The Bertz CT molecular complexity index is 986. The fraction of sp³-hybridized carbons (Fsp3) is 0.0952. The van der Waals surface area contributed by atoms with Crippen LogP contribution in [-0.2, 0) is 0 Å². The van der Waals surface area contributed by atoms with Gasteiger partial charge in [0.25, 0.3) is 5.91 Å². The minimum atomic E-state index is -0.566. The Hall–Kier alpha value is -3.51. The highest BCUT2D eigenvalue weighted by atomic mass is 16.5. The molecular weight excluding hydrogens is 344 g/mol. The van der Waals surface area contributed by atoms with Crippen molar-refractivity contribution in [1.29, 1.82) is 0 Å². The number of hydrogen-bond donors (Lipinski definition) is 3. The Balaban J connectivity index is 1.56. The molecule has 0 spiro atoms. The minimum Gasteiger partial charge on any atom is -0.496 e. The van der Waals surface area contributed by atoms with Gasteiger partial charge in [-0.25, -0.2) is 5.48 Å². The van der Waals surface area contributed by atoms with Crippen LogP contribution >= 0.6 is 0 Å². The number of rotatable bonds is 4.